The van der Waals surface area contributed by atoms with Gasteiger partial charge in [0.2, 0.25) is 10.0 Å². The molecule has 1 aromatic heterocycles. The van der Waals surface area contributed by atoms with Crippen molar-refractivity contribution < 1.29 is 12.8 Å². The van der Waals surface area contributed by atoms with E-state index in [9.17, 15) is 12.8 Å². The van der Waals surface area contributed by atoms with Gasteiger partial charge in [0, 0.05) is 42.8 Å². The highest BCUT2D eigenvalue weighted by Gasteiger charge is 2.31. The molecule has 142 valence electrons. The van der Waals surface area contributed by atoms with Crippen LogP contribution in [-0.4, -0.2) is 51.8 Å². The summed E-state index contributed by atoms with van der Waals surface area (Å²) in [6.07, 6.45) is 1.20. The minimum absolute atomic E-state index is 0.0000859. The van der Waals surface area contributed by atoms with Crippen molar-refractivity contribution in [3.63, 3.8) is 0 Å². The van der Waals surface area contributed by atoms with Crippen LogP contribution < -0.4 is 9.62 Å². The zero-order valence-electron chi connectivity index (χ0n) is 14.9. The second kappa shape index (κ2) is 8.04. The van der Waals surface area contributed by atoms with E-state index in [-0.39, 0.29) is 17.9 Å². The molecule has 1 aliphatic rings. The molecule has 2 heterocycles. The summed E-state index contributed by atoms with van der Waals surface area (Å²) >= 11 is 1.65. The van der Waals surface area contributed by atoms with Crippen LogP contribution in [0.4, 0.5) is 10.1 Å². The van der Waals surface area contributed by atoms with Gasteiger partial charge >= 0.3 is 0 Å². The van der Waals surface area contributed by atoms with Gasteiger partial charge in [-0.15, -0.1) is 11.3 Å². The number of nitrogens with zero attached hydrogens (tertiary/aromatic N) is 2. The van der Waals surface area contributed by atoms with Gasteiger partial charge in [0.15, 0.2) is 0 Å². The lowest BCUT2D eigenvalue weighted by Gasteiger charge is -2.42. The maximum atomic E-state index is 13.1. The summed E-state index contributed by atoms with van der Waals surface area (Å²) in [5.74, 6) is -0.231. The molecular formula is C18H24FN3O2S2. The summed E-state index contributed by atoms with van der Waals surface area (Å²) in [4.78, 5) is 5.72. The van der Waals surface area contributed by atoms with Crippen LogP contribution in [0.25, 0.3) is 0 Å². The van der Waals surface area contributed by atoms with E-state index in [1.54, 1.807) is 23.5 Å². The number of piperazine rings is 1. The van der Waals surface area contributed by atoms with Gasteiger partial charge in [0.25, 0.3) is 0 Å². The summed E-state index contributed by atoms with van der Waals surface area (Å²) in [5.41, 5.74) is 1.01. The number of thiophene rings is 1. The molecule has 0 unspecified atom stereocenters. The van der Waals surface area contributed by atoms with Crippen LogP contribution in [-0.2, 0) is 10.0 Å². The van der Waals surface area contributed by atoms with Crippen LogP contribution in [0.5, 0.6) is 0 Å². The summed E-state index contributed by atoms with van der Waals surface area (Å²) < 4.78 is 39.3. The Kier molecular flexibility index (Phi) is 5.96. The topological polar surface area (TPSA) is 52.7 Å². The number of anilines is 1. The minimum atomic E-state index is -3.27. The lowest BCUT2D eigenvalue weighted by molar-refractivity contribution is 0.164. The highest BCUT2D eigenvalue weighted by atomic mass is 32.2. The predicted octanol–water partition coefficient (Wildman–Crippen LogP) is 2.69. The van der Waals surface area contributed by atoms with Crippen molar-refractivity contribution in [2.45, 2.75) is 19.0 Å². The normalized spacial score (nSPS) is 18.7. The third-order valence-electron chi connectivity index (χ3n) is 4.61. The fourth-order valence-corrected chi connectivity index (χ4v) is 5.28. The quantitative estimate of drug-likeness (QED) is 0.814. The molecule has 1 aliphatic heterocycles. The number of sulfonamides is 1. The Labute approximate surface area is 158 Å². The fourth-order valence-electron chi connectivity index (χ4n) is 3.51. The second-order valence-corrected chi connectivity index (χ2v) is 9.40. The van der Waals surface area contributed by atoms with Crippen LogP contribution in [0.1, 0.15) is 17.8 Å². The van der Waals surface area contributed by atoms with Crippen molar-refractivity contribution in [3.8, 4) is 0 Å². The van der Waals surface area contributed by atoms with Gasteiger partial charge in [0.1, 0.15) is 5.82 Å². The van der Waals surface area contributed by atoms with Crippen LogP contribution in [0.2, 0.25) is 0 Å². The average Bonchev–Trinajstić information content (AvgIpc) is 3.09. The third-order valence-corrected chi connectivity index (χ3v) is 6.35. The number of halogens is 1. The molecule has 26 heavy (non-hydrogen) atoms. The Bertz CT molecular complexity index is 801. The van der Waals surface area contributed by atoms with Gasteiger partial charge in [-0.05, 0) is 42.6 Å². The standard InChI is InChI=1S/C18H24FN3O2S2/c1-14(20-26(2,23)24)18(17-4-3-13-25-17)22-11-9-21(10-12-22)16-7-5-15(19)6-8-16/h3-8,13-14,18,20H,9-12H2,1-2H3/t14-,18-/m0/s1. The molecule has 8 heteroatoms. The molecule has 2 aromatic rings. The third kappa shape index (κ3) is 4.82. The zero-order chi connectivity index (χ0) is 18.7. The van der Waals surface area contributed by atoms with E-state index in [0.717, 1.165) is 36.7 Å². The Balaban J connectivity index is 1.72. The number of rotatable bonds is 6. The first-order valence-electron chi connectivity index (χ1n) is 8.59. The van der Waals surface area contributed by atoms with Gasteiger partial charge in [-0.3, -0.25) is 4.90 Å². The molecule has 0 radical (unpaired) electrons. The Morgan fingerprint density at radius 2 is 1.77 bits per heavy atom. The molecule has 2 atom stereocenters. The minimum Gasteiger partial charge on any atom is -0.369 e. The van der Waals surface area contributed by atoms with Crippen molar-refractivity contribution in [2.24, 2.45) is 0 Å². The van der Waals surface area contributed by atoms with Gasteiger partial charge in [-0.2, -0.15) is 0 Å². The van der Waals surface area contributed by atoms with Crippen LogP contribution in [0.15, 0.2) is 41.8 Å². The maximum Gasteiger partial charge on any atom is 0.209 e. The van der Waals surface area contributed by atoms with E-state index in [1.165, 1.54) is 18.4 Å². The number of hydrogen-bond donors (Lipinski definition) is 1. The zero-order valence-corrected chi connectivity index (χ0v) is 16.6. The van der Waals surface area contributed by atoms with E-state index in [4.69, 9.17) is 0 Å². The van der Waals surface area contributed by atoms with Crippen LogP contribution >= 0.6 is 11.3 Å². The van der Waals surface area contributed by atoms with Gasteiger partial charge in [-0.25, -0.2) is 17.5 Å². The van der Waals surface area contributed by atoms with Crippen molar-refractivity contribution in [3.05, 3.63) is 52.5 Å². The average molecular weight is 398 g/mol. The van der Waals surface area contributed by atoms with Crippen molar-refractivity contribution in [2.75, 3.05) is 37.3 Å². The Morgan fingerprint density at radius 3 is 2.31 bits per heavy atom. The monoisotopic (exact) mass is 397 g/mol. The number of hydrogen-bond acceptors (Lipinski definition) is 5. The highest BCUT2D eigenvalue weighted by molar-refractivity contribution is 7.88. The SMILES string of the molecule is C[C@H](NS(C)(=O)=O)[C@@H](c1cccs1)N1CCN(c2ccc(F)cc2)CC1. The molecule has 0 amide bonds. The van der Waals surface area contributed by atoms with Crippen molar-refractivity contribution >= 4 is 27.0 Å². The first-order valence-corrected chi connectivity index (χ1v) is 11.4. The number of benzene rings is 1. The molecule has 1 N–H and O–H groups in total. The van der Waals surface area contributed by atoms with Gasteiger partial charge in [-0.1, -0.05) is 6.07 Å². The van der Waals surface area contributed by atoms with Crippen molar-refractivity contribution in [1.29, 1.82) is 0 Å². The van der Waals surface area contributed by atoms with Crippen LogP contribution in [0.3, 0.4) is 0 Å². The van der Waals surface area contributed by atoms with E-state index < -0.39 is 10.0 Å². The molecule has 0 bridgehead atoms. The fraction of sp³-hybridized carbons (Fsp3) is 0.444. The smallest absolute Gasteiger partial charge is 0.209 e. The lowest BCUT2D eigenvalue weighted by atomic mass is 10.1. The van der Waals surface area contributed by atoms with Gasteiger partial charge in [0.05, 0.1) is 12.3 Å². The first kappa shape index (κ1) is 19.3. The second-order valence-electron chi connectivity index (χ2n) is 6.64. The molecule has 0 saturated carbocycles. The lowest BCUT2D eigenvalue weighted by Crippen LogP contribution is -2.52. The summed E-state index contributed by atoms with van der Waals surface area (Å²) in [7, 11) is -3.27. The highest BCUT2D eigenvalue weighted by Crippen LogP contribution is 2.30. The van der Waals surface area contributed by atoms with E-state index >= 15 is 0 Å². The molecule has 1 fully saturated rings. The maximum absolute atomic E-state index is 13.1. The molecule has 0 spiro atoms. The molecule has 1 aromatic carbocycles. The van der Waals surface area contributed by atoms with E-state index in [1.807, 2.05) is 18.4 Å². The summed E-state index contributed by atoms with van der Waals surface area (Å²) in [6, 6.07) is 10.4. The molecule has 3 rings (SSSR count). The van der Waals surface area contributed by atoms with E-state index in [2.05, 4.69) is 20.6 Å². The predicted molar refractivity (Wildman–Crippen MR) is 105 cm³/mol. The summed E-state index contributed by atoms with van der Waals surface area (Å²) in [6.45, 7) is 5.18. The van der Waals surface area contributed by atoms with Crippen LogP contribution in [0, 0.1) is 5.82 Å². The van der Waals surface area contributed by atoms with E-state index in [0.29, 0.717) is 0 Å². The molecule has 1 saturated heterocycles. The molecular weight excluding hydrogens is 373 g/mol. The summed E-state index contributed by atoms with van der Waals surface area (Å²) in [5, 5.41) is 2.02. The molecule has 0 aliphatic carbocycles. The first-order chi connectivity index (χ1) is 12.3. The molecule has 5 nitrogen and oxygen atoms in total. The van der Waals surface area contributed by atoms with Crippen molar-refractivity contribution in [1.82, 2.24) is 9.62 Å². The largest absolute Gasteiger partial charge is 0.369 e. The Morgan fingerprint density at radius 1 is 1.12 bits per heavy atom. The van der Waals surface area contributed by atoms with Gasteiger partial charge < -0.3 is 4.90 Å². The Hall–Kier alpha value is -1.48. The number of nitrogens with one attached hydrogen (secondary N) is 1.